The zero-order valence-electron chi connectivity index (χ0n) is 10.2. The second-order valence-corrected chi connectivity index (χ2v) is 4.46. The lowest BCUT2D eigenvalue weighted by Crippen LogP contribution is -2.42. The van der Waals surface area contributed by atoms with Gasteiger partial charge in [0.2, 0.25) is 0 Å². The van der Waals surface area contributed by atoms with Crippen molar-refractivity contribution in [2.45, 2.75) is 13.0 Å². The van der Waals surface area contributed by atoms with E-state index in [2.05, 4.69) is 39.3 Å². The topological polar surface area (TPSA) is 50.5 Å². The first-order chi connectivity index (χ1) is 8.38. The van der Waals surface area contributed by atoms with Crippen LogP contribution in [0.2, 0.25) is 0 Å². The number of hydrogen-bond donors (Lipinski definition) is 2. The fourth-order valence-electron chi connectivity index (χ4n) is 2.12. The van der Waals surface area contributed by atoms with E-state index in [1.54, 1.807) is 0 Å². The van der Waals surface area contributed by atoms with Gasteiger partial charge in [0, 0.05) is 32.7 Å². The van der Waals surface area contributed by atoms with E-state index < -0.39 is 0 Å². The Hall–Kier alpha value is -0.940. The largest absolute Gasteiger partial charge is 0.314 e. The number of nitrogens with one attached hydrogen (secondary N) is 1. The van der Waals surface area contributed by atoms with Crippen molar-refractivity contribution < 1.29 is 4.84 Å². The molecule has 94 valence electrons. The summed E-state index contributed by atoms with van der Waals surface area (Å²) in [5, 5.41) is 3.37. The Labute approximate surface area is 103 Å². The van der Waals surface area contributed by atoms with Gasteiger partial charge >= 0.3 is 0 Å². The third kappa shape index (κ3) is 4.09. The molecule has 0 amide bonds. The first-order valence-corrected chi connectivity index (χ1v) is 6.21. The third-order valence-corrected chi connectivity index (χ3v) is 3.15. The summed E-state index contributed by atoms with van der Waals surface area (Å²) in [6.45, 7) is 6.12. The molecule has 0 aromatic heterocycles. The summed E-state index contributed by atoms with van der Waals surface area (Å²) >= 11 is 0. The lowest BCUT2D eigenvalue weighted by molar-refractivity contribution is 0.141. The molecular weight excluding hydrogens is 214 g/mol. The highest BCUT2D eigenvalue weighted by molar-refractivity contribution is 5.22. The predicted molar refractivity (Wildman–Crippen MR) is 68.4 cm³/mol. The minimum atomic E-state index is 0.580. The van der Waals surface area contributed by atoms with Crippen LogP contribution in [0.15, 0.2) is 24.3 Å². The van der Waals surface area contributed by atoms with Crippen LogP contribution in [0.4, 0.5) is 0 Å². The number of nitrogens with two attached hydrogens (primary N) is 1. The molecule has 0 saturated carbocycles. The molecule has 1 aliphatic heterocycles. The Bertz CT molecular complexity index is 320. The fourth-order valence-corrected chi connectivity index (χ4v) is 2.12. The number of nitrogens with zero attached hydrogens (tertiary/aromatic N) is 1. The van der Waals surface area contributed by atoms with Crippen LogP contribution < -0.4 is 11.2 Å². The Morgan fingerprint density at radius 2 is 1.76 bits per heavy atom. The minimum Gasteiger partial charge on any atom is -0.314 e. The average molecular weight is 235 g/mol. The number of hydrogen-bond acceptors (Lipinski definition) is 4. The first kappa shape index (κ1) is 12.5. The van der Waals surface area contributed by atoms with Crippen molar-refractivity contribution >= 4 is 0 Å². The van der Waals surface area contributed by atoms with Crippen LogP contribution >= 0.6 is 0 Å². The summed E-state index contributed by atoms with van der Waals surface area (Å²) in [6, 6.07) is 8.73. The normalized spacial score (nSPS) is 17.2. The van der Waals surface area contributed by atoms with Gasteiger partial charge in [-0.3, -0.25) is 4.90 Å². The lowest BCUT2D eigenvalue weighted by Gasteiger charge is -2.27. The molecule has 0 spiro atoms. The Morgan fingerprint density at radius 3 is 2.41 bits per heavy atom. The Morgan fingerprint density at radius 1 is 1.12 bits per heavy atom. The molecule has 1 aromatic carbocycles. The molecule has 4 heteroatoms. The smallest absolute Gasteiger partial charge is 0.0719 e. The maximum Gasteiger partial charge on any atom is 0.0719 e. The van der Waals surface area contributed by atoms with Gasteiger partial charge in [-0.15, -0.1) is 0 Å². The summed E-state index contributed by atoms with van der Waals surface area (Å²) in [6.07, 6.45) is 0.879. The number of piperazine rings is 1. The molecule has 2 rings (SSSR count). The van der Waals surface area contributed by atoms with E-state index in [1.165, 1.54) is 11.1 Å². The zero-order chi connectivity index (χ0) is 11.9. The van der Waals surface area contributed by atoms with Crippen molar-refractivity contribution in [1.82, 2.24) is 10.2 Å². The highest BCUT2D eigenvalue weighted by Gasteiger charge is 2.09. The lowest BCUT2D eigenvalue weighted by atomic mass is 10.1. The van der Waals surface area contributed by atoms with Crippen molar-refractivity contribution in [3.05, 3.63) is 35.4 Å². The van der Waals surface area contributed by atoms with Gasteiger partial charge in [0.15, 0.2) is 0 Å². The van der Waals surface area contributed by atoms with Gasteiger partial charge in [0.1, 0.15) is 0 Å². The van der Waals surface area contributed by atoms with Crippen LogP contribution in [-0.2, 0) is 17.8 Å². The van der Waals surface area contributed by atoms with Crippen molar-refractivity contribution in [2.75, 3.05) is 32.8 Å². The van der Waals surface area contributed by atoms with Crippen LogP contribution in [0.1, 0.15) is 11.1 Å². The number of benzene rings is 1. The molecule has 4 nitrogen and oxygen atoms in total. The summed E-state index contributed by atoms with van der Waals surface area (Å²) in [5.41, 5.74) is 2.66. The van der Waals surface area contributed by atoms with E-state index in [4.69, 9.17) is 5.90 Å². The molecule has 1 saturated heterocycles. The molecule has 0 atom stereocenters. The SMILES string of the molecule is NOCCc1ccc(CN2CCNCC2)cc1. The summed E-state index contributed by atoms with van der Waals surface area (Å²) in [4.78, 5) is 7.06. The Kier molecular flexibility index (Phi) is 4.94. The zero-order valence-corrected chi connectivity index (χ0v) is 10.2. The molecule has 1 fully saturated rings. The molecule has 1 heterocycles. The van der Waals surface area contributed by atoms with E-state index >= 15 is 0 Å². The standard InChI is InChI=1S/C13H21N3O/c14-17-10-5-12-1-3-13(4-2-12)11-16-8-6-15-7-9-16/h1-4,15H,5-11,14H2. The molecule has 3 N–H and O–H groups in total. The van der Waals surface area contributed by atoms with E-state index in [-0.39, 0.29) is 0 Å². The van der Waals surface area contributed by atoms with Crippen LogP contribution in [0.25, 0.3) is 0 Å². The Balaban J connectivity index is 1.84. The maximum absolute atomic E-state index is 5.02. The molecule has 17 heavy (non-hydrogen) atoms. The molecule has 0 aliphatic carbocycles. The molecule has 0 unspecified atom stereocenters. The van der Waals surface area contributed by atoms with Gasteiger partial charge in [-0.1, -0.05) is 24.3 Å². The van der Waals surface area contributed by atoms with Crippen molar-refractivity contribution in [2.24, 2.45) is 5.90 Å². The molecule has 0 radical (unpaired) electrons. The fraction of sp³-hybridized carbons (Fsp3) is 0.538. The number of rotatable bonds is 5. The summed E-state index contributed by atoms with van der Waals surface area (Å²) in [5.74, 6) is 5.02. The van der Waals surface area contributed by atoms with E-state index in [0.717, 1.165) is 39.1 Å². The molecule has 1 aliphatic rings. The highest BCUT2D eigenvalue weighted by Crippen LogP contribution is 2.08. The molecule has 0 bridgehead atoms. The monoisotopic (exact) mass is 235 g/mol. The predicted octanol–water partition coefficient (Wildman–Crippen LogP) is 0.525. The van der Waals surface area contributed by atoms with Crippen molar-refractivity contribution in [3.8, 4) is 0 Å². The second kappa shape index (κ2) is 6.71. The van der Waals surface area contributed by atoms with Crippen molar-refractivity contribution in [1.29, 1.82) is 0 Å². The van der Waals surface area contributed by atoms with Crippen LogP contribution in [0.3, 0.4) is 0 Å². The maximum atomic E-state index is 5.02. The average Bonchev–Trinajstić information content (AvgIpc) is 2.39. The quantitative estimate of drug-likeness (QED) is 0.731. The summed E-state index contributed by atoms with van der Waals surface area (Å²) in [7, 11) is 0. The third-order valence-electron chi connectivity index (χ3n) is 3.15. The second-order valence-electron chi connectivity index (χ2n) is 4.46. The first-order valence-electron chi connectivity index (χ1n) is 6.21. The minimum absolute atomic E-state index is 0.580. The van der Waals surface area contributed by atoms with Gasteiger partial charge in [0.25, 0.3) is 0 Å². The highest BCUT2D eigenvalue weighted by atomic mass is 16.6. The van der Waals surface area contributed by atoms with E-state index in [0.29, 0.717) is 6.61 Å². The van der Waals surface area contributed by atoms with Crippen LogP contribution in [0.5, 0.6) is 0 Å². The van der Waals surface area contributed by atoms with Gasteiger partial charge in [-0.25, -0.2) is 5.90 Å². The summed E-state index contributed by atoms with van der Waals surface area (Å²) < 4.78 is 0. The van der Waals surface area contributed by atoms with Gasteiger partial charge in [-0.05, 0) is 17.5 Å². The molecule has 1 aromatic rings. The molecular formula is C13H21N3O. The van der Waals surface area contributed by atoms with Gasteiger partial charge < -0.3 is 10.2 Å². The van der Waals surface area contributed by atoms with E-state index in [9.17, 15) is 0 Å². The van der Waals surface area contributed by atoms with Gasteiger partial charge in [0.05, 0.1) is 6.61 Å². The van der Waals surface area contributed by atoms with Crippen LogP contribution in [0, 0.1) is 0 Å². The van der Waals surface area contributed by atoms with E-state index in [1.807, 2.05) is 0 Å². The van der Waals surface area contributed by atoms with Crippen LogP contribution in [-0.4, -0.2) is 37.7 Å². The van der Waals surface area contributed by atoms with Crippen molar-refractivity contribution in [3.63, 3.8) is 0 Å². The van der Waals surface area contributed by atoms with Gasteiger partial charge in [-0.2, -0.15) is 0 Å².